The highest BCUT2D eigenvalue weighted by Gasteiger charge is 2.42. The zero-order chi connectivity index (χ0) is 22.8. The van der Waals surface area contributed by atoms with E-state index < -0.39 is 0 Å². The molecule has 0 bridgehead atoms. The Balaban J connectivity index is 1.87. The van der Waals surface area contributed by atoms with Crippen LogP contribution >= 0.6 is 0 Å². The molecule has 0 spiro atoms. The van der Waals surface area contributed by atoms with E-state index in [1.807, 2.05) is 56.0 Å². The smallest absolute Gasteiger partial charge is 0.273 e. The molecule has 6 nitrogen and oxygen atoms in total. The number of amides is 1. The SMILES string of the molecule is CCCCCN1C(=O)c2[nH]nc(-c3c(C)cc(C)cc3O)c2C1c1cccc(OCC)c1. The molecule has 2 heterocycles. The van der Waals surface area contributed by atoms with Gasteiger partial charge in [-0.2, -0.15) is 5.10 Å². The van der Waals surface area contributed by atoms with E-state index in [4.69, 9.17) is 4.74 Å². The molecule has 1 aliphatic heterocycles. The minimum absolute atomic E-state index is 0.0501. The minimum atomic E-state index is -0.288. The molecule has 0 fully saturated rings. The van der Waals surface area contributed by atoms with Crippen molar-refractivity contribution in [2.75, 3.05) is 13.2 Å². The van der Waals surface area contributed by atoms with E-state index in [2.05, 4.69) is 17.1 Å². The number of ether oxygens (including phenoxy) is 1. The first kappa shape index (κ1) is 21.9. The lowest BCUT2D eigenvalue weighted by atomic mass is 9.93. The first-order valence-electron chi connectivity index (χ1n) is 11.4. The number of fused-ring (bicyclic) bond motifs is 1. The number of rotatable bonds is 8. The molecule has 4 rings (SSSR count). The summed E-state index contributed by atoms with van der Waals surface area (Å²) in [7, 11) is 0. The van der Waals surface area contributed by atoms with Crippen molar-refractivity contribution in [2.45, 2.75) is 53.0 Å². The van der Waals surface area contributed by atoms with Crippen molar-refractivity contribution in [3.05, 3.63) is 64.3 Å². The highest BCUT2D eigenvalue weighted by molar-refractivity contribution is 6.00. The number of aromatic amines is 1. The van der Waals surface area contributed by atoms with Crippen molar-refractivity contribution in [1.82, 2.24) is 15.1 Å². The van der Waals surface area contributed by atoms with Gasteiger partial charge in [-0.3, -0.25) is 9.89 Å². The molecular formula is C26H31N3O3. The number of aryl methyl sites for hydroxylation is 2. The van der Waals surface area contributed by atoms with Crippen molar-refractivity contribution in [3.63, 3.8) is 0 Å². The summed E-state index contributed by atoms with van der Waals surface area (Å²) in [6.07, 6.45) is 3.08. The first-order chi connectivity index (χ1) is 15.5. The molecule has 1 amide bonds. The number of unbranched alkanes of at least 4 members (excludes halogenated alkanes) is 2. The van der Waals surface area contributed by atoms with Gasteiger partial charge in [0.25, 0.3) is 5.91 Å². The molecule has 0 radical (unpaired) electrons. The number of hydrogen-bond acceptors (Lipinski definition) is 4. The quantitative estimate of drug-likeness (QED) is 0.458. The third-order valence-electron chi connectivity index (χ3n) is 6.05. The van der Waals surface area contributed by atoms with Gasteiger partial charge < -0.3 is 14.7 Å². The van der Waals surface area contributed by atoms with E-state index in [-0.39, 0.29) is 17.7 Å². The van der Waals surface area contributed by atoms with Gasteiger partial charge in [0.05, 0.1) is 12.6 Å². The summed E-state index contributed by atoms with van der Waals surface area (Å²) in [5, 5.41) is 18.3. The Kier molecular flexibility index (Phi) is 6.21. The normalized spacial score (nSPS) is 15.3. The van der Waals surface area contributed by atoms with Crippen LogP contribution in [0.1, 0.15) is 71.9 Å². The lowest BCUT2D eigenvalue weighted by Gasteiger charge is -2.27. The Morgan fingerprint density at radius 2 is 1.97 bits per heavy atom. The largest absolute Gasteiger partial charge is 0.507 e. The molecule has 32 heavy (non-hydrogen) atoms. The molecule has 6 heteroatoms. The Hall–Kier alpha value is -3.28. The maximum Gasteiger partial charge on any atom is 0.273 e. The van der Waals surface area contributed by atoms with E-state index >= 15 is 0 Å². The second kappa shape index (κ2) is 9.07. The van der Waals surface area contributed by atoms with Gasteiger partial charge in [-0.1, -0.05) is 38.0 Å². The number of nitrogens with one attached hydrogen (secondary N) is 1. The minimum Gasteiger partial charge on any atom is -0.507 e. The van der Waals surface area contributed by atoms with Gasteiger partial charge >= 0.3 is 0 Å². The predicted molar refractivity (Wildman–Crippen MR) is 125 cm³/mol. The number of aromatic hydroxyl groups is 1. The van der Waals surface area contributed by atoms with Crippen molar-refractivity contribution >= 4 is 5.91 Å². The Morgan fingerprint density at radius 3 is 2.69 bits per heavy atom. The summed E-state index contributed by atoms with van der Waals surface area (Å²) in [6, 6.07) is 11.4. The van der Waals surface area contributed by atoms with Crippen LogP contribution in [0.25, 0.3) is 11.3 Å². The van der Waals surface area contributed by atoms with Crippen LogP contribution in [0, 0.1) is 13.8 Å². The lowest BCUT2D eigenvalue weighted by molar-refractivity contribution is 0.0740. The zero-order valence-corrected chi connectivity index (χ0v) is 19.2. The molecular weight excluding hydrogens is 402 g/mol. The number of nitrogens with zero attached hydrogens (tertiary/aromatic N) is 2. The van der Waals surface area contributed by atoms with Gasteiger partial charge in [-0.05, 0) is 62.1 Å². The average Bonchev–Trinajstić information content (AvgIpc) is 3.28. The molecule has 1 atom stereocenters. The van der Waals surface area contributed by atoms with Crippen molar-refractivity contribution in [2.24, 2.45) is 0 Å². The molecule has 0 aliphatic carbocycles. The summed E-state index contributed by atoms with van der Waals surface area (Å²) in [6.45, 7) is 9.26. The monoisotopic (exact) mass is 433 g/mol. The predicted octanol–water partition coefficient (Wildman–Crippen LogP) is 5.53. The number of aromatic nitrogens is 2. The van der Waals surface area contributed by atoms with Gasteiger partial charge in [-0.15, -0.1) is 0 Å². The van der Waals surface area contributed by atoms with Crippen LogP contribution in [-0.2, 0) is 0 Å². The van der Waals surface area contributed by atoms with Crippen LogP contribution in [0.4, 0.5) is 0 Å². The fourth-order valence-corrected chi connectivity index (χ4v) is 4.69. The third-order valence-corrected chi connectivity index (χ3v) is 6.05. The maximum atomic E-state index is 13.4. The summed E-state index contributed by atoms with van der Waals surface area (Å²) in [4.78, 5) is 15.3. The highest BCUT2D eigenvalue weighted by atomic mass is 16.5. The number of H-pyrrole nitrogens is 1. The van der Waals surface area contributed by atoms with Crippen molar-refractivity contribution in [1.29, 1.82) is 0 Å². The zero-order valence-electron chi connectivity index (χ0n) is 19.2. The molecule has 2 aromatic carbocycles. The number of phenolic OH excluding ortho intramolecular Hbond substituents is 1. The van der Waals surface area contributed by atoms with E-state index in [1.54, 1.807) is 6.07 Å². The standard InChI is InChI=1S/C26H31N3O3/c1-5-7-8-12-29-25(18-10-9-11-19(15-18)32-6-2)22-23(27-28-24(22)26(29)31)21-17(4)13-16(3)14-20(21)30/h9-11,13-15,25,30H,5-8,12H2,1-4H3,(H,27,28). The third kappa shape index (κ3) is 3.85. The second-order valence-electron chi connectivity index (χ2n) is 8.45. The van der Waals surface area contributed by atoms with Crippen LogP contribution in [-0.4, -0.2) is 39.3 Å². The van der Waals surface area contributed by atoms with Gasteiger partial charge in [0, 0.05) is 17.7 Å². The summed E-state index contributed by atoms with van der Waals surface area (Å²) < 4.78 is 5.74. The molecule has 0 saturated carbocycles. The molecule has 2 N–H and O–H groups in total. The van der Waals surface area contributed by atoms with E-state index in [0.29, 0.717) is 30.1 Å². The lowest BCUT2D eigenvalue weighted by Crippen LogP contribution is -2.30. The van der Waals surface area contributed by atoms with Crippen LogP contribution in [0.3, 0.4) is 0 Å². The van der Waals surface area contributed by atoms with Crippen LogP contribution < -0.4 is 4.74 Å². The molecule has 168 valence electrons. The highest BCUT2D eigenvalue weighted by Crippen LogP contribution is 2.46. The molecule has 1 aliphatic rings. The summed E-state index contributed by atoms with van der Waals surface area (Å²) >= 11 is 0. The number of carbonyl (C=O) groups excluding carboxylic acids is 1. The van der Waals surface area contributed by atoms with Crippen LogP contribution in [0.5, 0.6) is 11.5 Å². The average molecular weight is 434 g/mol. The maximum absolute atomic E-state index is 13.4. The Morgan fingerprint density at radius 1 is 1.16 bits per heavy atom. The molecule has 1 unspecified atom stereocenters. The number of benzene rings is 2. The van der Waals surface area contributed by atoms with Gasteiger partial charge in [-0.25, -0.2) is 0 Å². The van der Waals surface area contributed by atoms with E-state index in [0.717, 1.165) is 47.3 Å². The van der Waals surface area contributed by atoms with Crippen LogP contribution in [0.2, 0.25) is 0 Å². The summed E-state index contributed by atoms with van der Waals surface area (Å²) in [5.74, 6) is 0.903. The van der Waals surface area contributed by atoms with Crippen molar-refractivity contribution in [3.8, 4) is 22.8 Å². The Bertz CT molecular complexity index is 1110. The topological polar surface area (TPSA) is 78.5 Å². The fraction of sp³-hybridized carbons (Fsp3) is 0.385. The molecule has 3 aromatic rings. The fourth-order valence-electron chi connectivity index (χ4n) is 4.69. The van der Waals surface area contributed by atoms with E-state index in [1.165, 1.54) is 0 Å². The summed E-state index contributed by atoms with van der Waals surface area (Å²) in [5.41, 5.74) is 5.51. The number of carbonyl (C=O) groups is 1. The van der Waals surface area contributed by atoms with Gasteiger partial charge in [0.2, 0.25) is 0 Å². The first-order valence-corrected chi connectivity index (χ1v) is 11.4. The van der Waals surface area contributed by atoms with Gasteiger partial charge in [0.1, 0.15) is 22.9 Å². The van der Waals surface area contributed by atoms with Crippen molar-refractivity contribution < 1.29 is 14.6 Å². The number of phenols is 1. The molecule has 1 aromatic heterocycles. The molecule has 0 saturated heterocycles. The van der Waals surface area contributed by atoms with E-state index in [9.17, 15) is 9.90 Å². The van der Waals surface area contributed by atoms with Gasteiger partial charge in [0.15, 0.2) is 0 Å². The Labute approximate surface area is 189 Å². The van der Waals surface area contributed by atoms with Crippen LogP contribution in [0.15, 0.2) is 36.4 Å². The second-order valence-corrected chi connectivity index (χ2v) is 8.45. The number of hydrogen-bond donors (Lipinski definition) is 2.